The van der Waals surface area contributed by atoms with Crippen molar-refractivity contribution in [3.05, 3.63) is 0 Å². The molecule has 0 aliphatic rings. The van der Waals surface area contributed by atoms with E-state index in [9.17, 15) is 0 Å². The van der Waals surface area contributed by atoms with Crippen LogP contribution in [0, 0.1) is 11.8 Å². The van der Waals surface area contributed by atoms with Gasteiger partial charge in [0.1, 0.15) is 0 Å². The Morgan fingerprint density at radius 1 is 0.818 bits per heavy atom. The van der Waals surface area contributed by atoms with E-state index in [-0.39, 0.29) is 0 Å². The normalized spacial score (nSPS) is 12.3. The van der Waals surface area contributed by atoms with Gasteiger partial charge in [0.25, 0.3) is 0 Å². The van der Waals surface area contributed by atoms with E-state index < -0.39 is 6.16 Å². The lowest BCUT2D eigenvalue weighted by Gasteiger charge is -2.07. The van der Waals surface area contributed by atoms with Crippen LogP contribution in [0.15, 0.2) is 0 Å². The molecule has 0 heterocycles. The monoisotopic (exact) mass is 320 g/mol. The first-order chi connectivity index (χ1) is 10.4. The second-order valence-corrected chi connectivity index (χ2v) is 5.66. The van der Waals surface area contributed by atoms with Crippen molar-refractivity contribution >= 4 is 6.16 Å². The van der Waals surface area contributed by atoms with Crippen LogP contribution >= 0.6 is 0 Å². The lowest BCUT2D eigenvalue weighted by Crippen LogP contribution is -2.53. The molecule has 2 atom stereocenters. The molecule has 136 valence electrons. The first-order valence-electron chi connectivity index (χ1n) is 8.89. The van der Waals surface area contributed by atoms with E-state index in [1.807, 2.05) is 0 Å². The van der Waals surface area contributed by atoms with Crippen LogP contribution in [0.4, 0.5) is 4.79 Å². The summed E-state index contributed by atoms with van der Waals surface area (Å²) in [5.74, 6) is 1.79. The highest BCUT2D eigenvalue weighted by Gasteiger charge is 2.03. The van der Waals surface area contributed by atoms with E-state index in [4.69, 9.17) is 15.0 Å². The van der Waals surface area contributed by atoms with Crippen molar-refractivity contribution in [1.29, 1.82) is 0 Å². The molecule has 0 aromatic rings. The quantitative estimate of drug-likeness (QED) is 0.608. The van der Waals surface area contributed by atoms with Crippen LogP contribution in [0.2, 0.25) is 0 Å². The average molecular weight is 321 g/mol. The van der Waals surface area contributed by atoms with Gasteiger partial charge in [-0.05, 0) is 31.8 Å². The molecule has 0 bridgehead atoms. The van der Waals surface area contributed by atoms with Gasteiger partial charge in [0.2, 0.25) is 0 Å². The van der Waals surface area contributed by atoms with Gasteiger partial charge >= 0.3 is 0 Å². The minimum atomic E-state index is -2.33. The van der Waals surface area contributed by atoms with Gasteiger partial charge in [-0.3, -0.25) is 0 Å². The Hall–Kier alpha value is -0.810. The zero-order valence-corrected chi connectivity index (χ0v) is 15.4. The van der Waals surface area contributed by atoms with E-state index in [1.165, 1.54) is 51.4 Å². The summed E-state index contributed by atoms with van der Waals surface area (Å²) in [5, 5.41) is 16.7. The minimum absolute atomic E-state index is 0.893. The van der Waals surface area contributed by atoms with Crippen LogP contribution < -0.4 is 21.7 Å². The van der Waals surface area contributed by atoms with Crippen LogP contribution in [-0.2, 0) is 0 Å². The maximum Gasteiger partial charge on any atom is 0.0768 e. The predicted octanol–water partition coefficient (Wildman–Crippen LogP) is 0.442. The van der Waals surface area contributed by atoms with Gasteiger partial charge in [-0.15, -0.1) is 0 Å². The van der Waals surface area contributed by atoms with Gasteiger partial charge in [-0.2, -0.15) is 0 Å². The van der Waals surface area contributed by atoms with Crippen molar-refractivity contribution in [2.45, 2.75) is 79.1 Å². The number of rotatable bonds is 10. The molecule has 0 rings (SSSR count). The zero-order valence-electron chi connectivity index (χ0n) is 15.4. The highest BCUT2D eigenvalue weighted by molar-refractivity contribution is 5.47. The van der Waals surface area contributed by atoms with Crippen molar-refractivity contribution < 1.29 is 26.5 Å². The van der Waals surface area contributed by atoms with Crippen molar-refractivity contribution in [2.75, 3.05) is 13.1 Å². The number of hydrogen-bond donors (Lipinski definition) is 2. The molecule has 0 radical (unpaired) electrons. The fourth-order valence-corrected chi connectivity index (χ4v) is 2.09. The number of carboxylic acid groups (broad SMARTS) is 2. The number of carbonyl (C=O) groups excluding carboxylic acids is 1. The Kier molecular flexibility index (Phi) is 26.7. The second kappa shape index (κ2) is 22.5. The minimum Gasteiger partial charge on any atom is -0.652 e. The number of quaternary nitrogens is 2. The molecule has 5 heteroatoms. The number of carbonyl (C=O) groups is 1. The standard InChI is InChI=1S/2C8H19N.CH2O3/c2*1-3-5-6-8(4-2)7-9;2-1(3)4/h2*8H,3-7,9H2,1-2H3;(H2,2,3,4). The maximum absolute atomic E-state index is 8.33. The van der Waals surface area contributed by atoms with E-state index in [0.717, 1.165) is 24.9 Å². The molecule has 0 saturated heterocycles. The molecule has 0 amide bonds. The van der Waals surface area contributed by atoms with Gasteiger partial charge in [-0.25, -0.2) is 0 Å². The molecule has 0 aromatic carbocycles. The molecule has 0 aliphatic heterocycles. The summed E-state index contributed by atoms with van der Waals surface area (Å²) >= 11 is 0. The lowest BCUT2D eigenvalue weighted by atomic mass is 10.00. The SMILES string of the molecule is CCCCC(CC)C[NH3+].CCCCC(CC)C[NH3+].O=C([O-])[O-]. The molecule has 6 N–H and O–H groups in total. The van der Waals surface area contributed by atoms with E-state index in [2.05, 4.69) is 39.2 Å². The van der Waals surface area contributed by atoms with Gasteiger partial charge in [0, 0.05) is 11.8 Å². The molecule has 22 heavy (non-hydrogen) atoms. The molecule has 0 spiro atoms. The summed E-state index contributed by atoms with van der Waals surface area (Å²) in [7, 11) is 0. The Balaban J connectivity index is -0.000000266. The van der Waals surface area contributed by atoms with Gasteiger partial charge in [0.15, 0.2) is 0 Å². The Morgan fingerprint density at radius 3 is 1.23 bits per heavy atom. The summed E-state index contributed by atoms with van der Waals surface area (Å²) in [6, 6.07) is 0. The summed E-state index contributed by atoms with van der Waals surface area (Å²) in [4.78, 5) is 8.33. The highest BCUT2D eigenvalue weighted by atomic mass is 16.6. The topological polar surface area (TPSA) is 118 Å². The maximum atomic E-state index is 8.33. The lowest BCUT2D eigenvalue weighted by molar-refractivity contribution is -0.415. The highest BCUT2D eigenvalue weighted by Crippen LogP contribution is 2.09. The summed E-state index contributed by atoms with van der Waals surface area (Å²) in [6.45, 7) is 11.2. The third kappa shape index (κ3) is 27.5. The third-order valence-corrected chi connectivity index (χ3v) is 3.90. The van der Waals surface area contributed by atoms with Gasteiger partial charge < -0.3 is 26.5 Å². The van der Waals surface area contributed by atoms with Crippen LogP contribution in [0.1, 0.15) is 79.1 Å². The number of hydrogen-bond acceptors (Lipinski definition) is 3. The summed E-state index contributed by atoms with van der Waals surface area (Å²) < 4.78 is 0. The Morgan fingerprint density at radius 2 is 1.09 bits per heavy atom. The largest absolute Gasteiger partial charge is 0.652 e. The summed E-state index contributed by atoms with van der Waals surface area (Å²) in [5.41, 5.74) is 7.82. The molecule has 0 fully saturated rings. The molecular formula is C17H40N2O3. The Labute approximate surface area is 137 Å². The van der Waals surface area contributed by atoms with E-state index in [0.29, 0.717) is 0 Å². The smallest absolute Gasteiger partial charge is 0.0768 e. The third-order valence-electron chi connectivity index (χ3n) is 3.90. The fourth-order valence-electron chi connectivity index (χ4n) is 2.09. The molecule has 0 aromatic heterocycles. The first-order valence-corrected chi connectivity index (χ1v) is 8.89. The first kappa shape index (κ1) is 26.1. The fraction of sp³-hybridized carbons (Fsp3) is 0.941. The van der Waals surface area contributed by atoms with Crippen LogP contribution in [-0.4, -0.2) is 19.2 Å². The molecule has 5 nitrogen and oxygen atoms in total. The second-order valence-electron chi connectivity index (χ2n) is 5.66. The summed E-state index contributed by atoms with van der Waals surface area (Å²) in [6.07, 6.45) is 8.48. The molecule has 0 aliphatic carbocycles. The van der Waals surface area contributed by atoms with Crippen molar-refractivity contribution in [1.82, 2.24) is 0 Å². The zero-order chi connectivity index (χ0) is 17.8. The van der Waals surface area contributed by atoms with E-state index in [1.54, 1.807) is 0 Å². The van der Waals surface area contributed by atoms with Crippen LogP contribution in [0.25, 0.3) is 0 Å². The van der Waals surface area contributed by atoms with Crippen LogP contribution in [0.3, 0.4) is 0 Å². The molecule has 2 unspecified atom stereocenters. The average Bonchev–Trinajstić information content (AvgIpc) is 2.50. The molecule has 0 saturated carbocycles. The Bertz CT molecular complexity index is 186. The number of unbranched alkanes of at least 4 members (excludes halogenated alkanes) is 2. The van der Waals surface area contributed by atoms with Crippen LogP contribution in [0.5, 0.6) is 0 Å². The predicted molar refractivity (Wildman–Crippen MR) is 87.5 cm³/mol. The molecular weight excluding hydrogens is 280 g/mol. The van der Waals surface area contributed by atoms with Crippen molar-refractivity contribution in [3.63, 3.8) is 0 Å². The van der Waals surface area contributed by atoms with E-state index >= 15 is 0 Å². The van der Waals surface area contributed by atoms with Gasteiger partial charge in [0.05, 0.1) is 13.1 Å². The van der Waals surface area contributed by atoms with Crippen molar-refractivity contribution in [3.8, 4) is 0 Å². The van der Waals surface area contributed by atoms with Crippen molar-refractivity contribution in [2.24, 2.45) is 11.8 Å². The van der Waals surface area contributed by atoms with Gasteiger partial charge in [-0.1, -0.05) is 53.4 Å².